The van der Waals surface area contributed by atoms with Crippen LogP contribution in [0.3, 0.4) is 0 Å². The van der Waals surface area contributed by atoms with E-state index in [4.69, 9.17) is 5.73 Å². The molecule has 1 amide bonds. The molecule has 0 spiro atoms. The SMILES string of the molecule is CN(C)c1ccc(N)cc1C(=O)N1CCn2cnnc2C1. The molecule has 21 heavy (non-hydrogen) atoms. The van der Waals surface area contributed by atoms with Crippen molar-refractivity contribution >= 4 is 17.3 Å². The predicted octanol–water partition coefficient (Wildman–Crippen LogP) is 0.582. The summed E-state index contributed by atoms with van der Waals surface area (Å²) in [5.74, 6) is 0.783. The van der Waals surface area contributed by atoms with Crippen molar-refractivity contribution in [2.24, 2.45) is 0 Å². The van der Waals surface area contributed by atoms with Crippen LogP contribution >= 0.6 is 0 Å². The molecule has 3 rings (SSSR count). The number of carbonyl (C=O) groups excluding carboxylic acids is 1. The monoisotopic (exact) mass is 286 g/mol. The first-order chi connectivity index (χ1) is 10.1. The van der Waals surface area contributed by atoms with Crippen LogP contribution in [0.25, 0.3) is 0 Å². The Morgan fingerprint density at radius 3 is 2.90 bits per heavy atom. The Labute approximate surface area is 123 Å². The number of nitrogens with two attached hydrogens (primary N) is 1. The van der Waals surface area contributed by atoms with Gasteiger partial charge in [-0.25, -0.2) is 0 Å². The third-order valence-electron chi connectivity index (χ3n) is 3.66. The number of hydrogen-bond donors (Lipinski definition) is 1. The van der Waals surface area contributed by atoms with Gasteiger partial charge in [-0.15, -0.1) is 10.2 Å². The smallest absolute Gasteiger partial charge is 0.256 e. The van der Waals surface area contributed by atoms with E-state index in [0.717, 1.165) is 11.5 Å². The molecule has 110 valence electrons. The average Bonchev–Trinajstić information content (AvgIpc) is 2.93. The van der Waals surface area contributed by atoms with E-state index < -0.39 is 0 Å². The van der Waals surface area contributed by atoms with Crippen molar-refractivity contribution in [2.45, 2.75) is 13.1 Å². The third kappa shape index (κ3) is 2.42. The van der Waals surface area contributed by atoms with E-state index in [2.05, 4.69) is 10.2 Å². The molecule has 0 atom stereocenters. The minimum absolute atomic E-state index is 0.0275. The summed E-state index contributed by atoms with van der Waals surface area (Å²) in [5, 5.41) is 7.92. The summed E-state index contributed by atoms with van der Waals surface area (Å²) in [6.45, 7) is 1.83. The highest BCUT2D eigenvalue weighted by Gasteiger charge is 2.25. The fourth-order valence-electron chi connectivity index (χ4n) is 2.52. The van der Waals surface area contributed by atoms with E-state index in [9.17, 15) is 4.79 Å². The summed E-state index contributed by atoms with van der Waals surface area (Å²) < 4.78 is 1.97. The van der Waals surface area contributed by atoms with Crippen LogP contribution in [0.1, 0.15) is 16.2 Å². The van der Waals surface area contributed by atoms with E-state index in [0.29, 0.717) is 30.9 Å². The molecule has 1 aliphatic heterocycles. The van der Waals surface area contributed by atoms with Gasteiger partial charge in [0.15, 0.2) is 5.82 Å². The van der Waals surface area contributed by atoms with Gasteiger partial charge >= 0.3 is 0 Å². The molecule has 0 unspecified atom stereocenters. The standard InChI is InChI=1S/C14H18N6O/c1-18(2)12-4-3-10(15)7-11(12)14(21)19-5-6-20-9-16-17-13(20)8-19/h3-4,7,9H,5-6,8,15H2,1-2H3. The van der Waals surface area contributed by atoms with Crippen LogP contribution in [0.15, 0.2) is 24.5 Å². The second-order valence-corrected chi connectivity index (χ2v) is 5.34. The van der Waals surface area contributed by atoms with Gasteiger partial charge in [-0.3, -0.25) is 4.79 Å². The van der Waals surface area contributed by atoms with Crippen molar-refractivity contribution < 1.29 is 4.79 Å². The minimum atomic E-state index is -0.0275. The van der Waals surface area contributed by atoms with Gasteiger partial charge in [-0.05, 0) is 18.2 Å². The summed E-state index contributed by atoms with van der Waals surface area (Å²) in [7, 11) is 3.82. The van der Waals surface area contributed by atoms with E-state index in [1.807, 2.05) is 29.6 Å². The largest absolute Gasteiger partial charge is 0.399 e. The first-order valence-corrected chi connectivity index (χ1v) is 6.79. The van der Waals surface area contributed by atoms with Crippen LogP contribution in [-0.2, 0) is 13.1 Å². The summed E-state index contributed by atoms with van der Waals surface area (Å²) in [6, 6.07) is 5.41. The zero-order valence-electron chi connectivity index (χ0n) is 12.2. The van der Waals surface area contributed by atoms with E-state index in [1.165, 1.54) is 0 Å². The molecule has 0 radical (unpaired) electrons. The molecule has 1 aliphatic rings. The number of benzene rings is 1. The molecule has 0 aliphatic carbocycles. The van der Waals surface area contributed by atoms with E-state index >= 15 is 0 Å². The highest BCUT2D eigenvalue weighted by Crippen LogP contribution is 2.24. The quantitative estimate of drug-likeness (QED) is 0.817. The Kier molecular flexibility index (Phi) is 3.25. The van der Waals surface area contributed by atoms with Gasteiger partial charge in [0.05, 0.1) is 12.1 Å². The lowest BCUT2D eigenvalue weighted by Gasteiger charge is -2.28. The van der Waals surface area contributed by atoms with Crippen LogP contribution in [0.2, 0.25) is 0 Å². The normalized spacial score (nSPS) is 13.9. The number of rotatable bonds is 2. The summed E-state index contributed by atoms with van der Waals surface area (Å²) in [5.41, 5.74) is 7.91. The molecular formula is C14H18N6O. The van der Waals surface area contributed by atoms with Crippen LogP contribution in [0.5, 0.6) is 0 Å². The molecule has 2 heterocycles. The maximum atomic E-state index is 12.8. The Morgan fingerprint density at radius 1 is 1.33 bits per heavy atom. The van der Waals surface area contributed by atoms with Crippen molar-refractivity contribution in [3.05, 3.63) is 35.9 Å². The molecule has 1 aromatic heterocycles. The fourth-order valence-corrected chi connectivity index (χ4v) is 2.52. The Balaban J connectivity index is 1.91. The van der Waals surface area contributed by atoms with Crippen LogP contribution < -0.4 is 10.6 Å². The van der Waals surface area contributed by atoms with Crippen molar-refractivity contribution in [1.82, 2.24) is 19.7 Å². The fraction of sp³-hybridized carbons (Fsp3) is 0.357. The molecule has 2 aromatic rings. The Morgan fingerprint density at radius 2 is 2.14 bits per heavy atom. The minimum Gasteiger partial charge on any atom is -0.399 e. The number of anilines is 2. The number of nitrogens with zero attached hydrogens (tertiary/aromatic N) is 5. The van der Waals surface area contributed by atoms with Gasteiger partial charge in [0.2, 0.25) is 0 Å². The van der Waals surface area contributed by atoms with Gasteiger partial charge in [-0.2, -0.15) is 0 Å². The molecule has 7 nitrogen and oxygen atoms in total. The Hall–Kier alpha value is -2.57. The third-order valence-corrected chi connectivity index (χ3v) is 3.66. The average molecular weight is 286 g/mol. The molecule has 0 fully saturated rings. The van der Waals surface area contributed by atoms with Crippen LogP contribution in [0, 0.1) is 0 Å². The van der Waals surface area contributed by atoms with Crippen molar-refractivity contribution in [2.75, 3.05) is 31.3 Å². The topological polar surface area (TPSA) is 80.3 Å². The summed E-state index contributed by atoms with van der Waals surface area (Å²) >= 11 is 0. The zero-order valence-corrected chi connectivity index (χ0v) is 12.2. The lowest BCUT2D eigenvalue weighted by Crippen LogP contribution is -2.38. The van der Waals surface area contributed by atoms with Gasteiger partial charge in [0.25, 0.3) is 5.91 Å². The van der Waals surface area contributed by atoms with Crippen molar-refractivity contribution in [1.29, 1.82) is 0 Å². The predicted molar refractivity (Wildman–Crippen MR) is 79.9 cm³/mol. The molecule has 1 aromatic carbocycles. The highest BCUT2D eigenvalue weighted by molar-refractivity contribution is 6.00. The number of fused-ring (bicyclic) bond motifs is 1. The summed E-state index contributed by atoms with van der Waals surface area (Å²) in [4.78, 5) is 16.5. The number of aromatic nitrogens is 3. The van der Waals surface area contributed by atoms with Crippen molar-refractivity contribution in [3.63, 3.8) is 0 Å². The number of nitrogen functional groups attached to an aromatic ring is 1. The maximum Gasteiger partial charge on any atom is 0.256 e. The van der Waals surface area contributed by atoms with Crippen molar-refractivity contribution in [3.8, 4) is 0 Å². The molecule has 0 bridgehead atoms. The van der Waals surface area contributed by atoms with Crippen LogP contribution in [0.4, 0.5) is 11.4 Å². The molecule has 2 N–H and O–H groups in total. The molecular weight excluding hydrogens is 268 g/mol. The second kappa shape index (κ2) is 5.08. The van der Waals surface area contributed by atoms with Gasteiger partial charge in [0, 0.05) is 38.6 Å². The number of carbonyl (C=O) groups is 1. The second-order valence-electron chi connectivity index (χ2n) is 5.34. The van der Waals surface area contributed by atoms with Gasteiger partial charge in [-0.1, -0.05) is 0 Å². The summed E-state index contributed by atoms with van der Waals surface area (Å²) in [6.07, 6.45) is 1.70. The van der Waals surface area contributed by atoms with Crippen LogP contribution in [-0.4, -0.2) is 46.2 Å². The number of hydrogen-bond acceptors (Lipinski definition) is 5. The first kappa shape index (κ1) is 13.4. The first-order valence-electron chi connectivity index (χ1n) is 6.79. The van der Waals surface area contributed by atoms with Gasteiger partial charge < -0.3 is 20.1 Å². The Bertz CT molecular complexity index is 678. The lowest BCUT2D eigenvalue weighted by atomic mass is 10.1. The number of amides is 1. The maximum absolute atomic E-state index is 12.8. The highest BCUT2D eigenvalue weighted by atomic mass is 16.2. The lowest BCUT2D eigenvalue weighted by molar-refractivity contribution is 0.0708. The molecule has 0 saturated carbocycles. The van der Waals surface area contributed by atoms with E-state index in [-0.39, 0.29) is 5.91 Å². The van der Waals surface area contributed by atoms with E-state index in [1.54, 1.807) is 23.4 Å². The van der Waals surface area contributed by atoms with Gasteiger partial charge in [0.1, 0.15) is 6.33 Å². The zero-order chi connectivity index (χ0) is 15.0. The molecule has 0 saturated heterocycles. The molecule has 7 heteroatoms.